The number of morpholine rings is 1. The molecule has 0 aliphatic carbocycles. The van der Waals surface area contributed by atoms with Crippen molar-refractivity contribution in [3.63, 3.8) is 0 Å². The molecule has 0 amide bonds. The number of pyridine rings is 1. The van der Waals surface area contributed by atoms with Crippen LogP contribution in [-0.4, -0.2) is 39.4 Å². The largest absolute Gasteiger partial charge is 0.369 e. The van der Waals surface area contributed by atoms with Crippen LogP contribution in [-0.2, 0) is 17.7 Å². The van der Waals surface area contributed by atoms with E-state index in [9.17, 15) is 0 Å². The third-order valence-corrected chi connectivity index (χ3v) is 6.52. The Hall–Kier alpha value is -2.50. The Balaban J connectivity index is 1.51. The Morgan fingerprint density at radius 3 is 2.59 bits per heavy atom. The van der Waals surface area contributed by atoms with Crippen molar-refractivity contribution >= 4 is 0 Å². The fourth-order valence-electron chi connectivity index (χ4n) is 4.74. The second-order valence-electron chi connectivity index (χ2n) is 9.43. The van der Waals surface area contributed by atoms with Gasteiger partial charge in [0.25, 0.3) is 0 Å². The minimum absolute atomic E-state index is 0.0000243. The predicted octanol–water partition coefficient (Wildman–Crippen LogP) is 5.26. The highest BCUT2D eigenvalue weighted by atomic mass is 16.5. The first-order valence-corrected chi connectivity index (χ1v) is 11.7. The molecule has 3 heterocycles. The van der Waals surface area contributed by atoms with Gasteiger partial charge in [0.1, 0.15) is 6.10 Å². The first kappa shape index (κ1) is 22.7. The first-order chi connectivity index (χ1) is 15.3. The van der Waals surface area contributed by atoms with E-state index >= 15 is 0 Å². The number of nitrogens with zero attached hydrogens (tertiary/aromatic N) is 4. The van der Waals surface area contributed by atoms with Crippen molar-refractivity contribution in [2.45, 2.75) is 66.7 Å². The van der Waals surface area contributed by atoms with Gasteiger partial charge in [-0.1, -0.05) is 24.3 Å². The Kier molecular flexibility index (Phi) is 6.77. The van der Waals surface area contributed by atoms with Crippen LogP contribution in [0.4, 0.5) is 0 Å². The average molecular weight is 433 g/mol. The van der Waals surface area contributed by atoms with Gasteiger partial charge in [-0.25, -0.2) is 0 Å². The quantitative estimate of drug-likeness (QED) is 0.533. The van der Waals surface area contributed by atoms with Crippen LogP contribution in [0.25, 0.3) is 0 Å². The summed E-state index contributed by atoms with van der Waals surface area (Å²) in [7, 11) is 0. The van der Waals surface area contributed by atoms with Gasteiger partial charge >= 0.3 is 0 Å². The number of aromatic nitrogens is 3. The van der Waals surface area contributed by atoms with Gasteiger partial charge in [0.05, 0.1) is 18.0 Å². The normalized spacial score (nSPS) is 17.3. The smallest absolute Gasteiger partial charge is 0.112 e. The Labute approximate surface area is 192 Å². The maximum absolute atomic E-state index is 6.19. The van der Waals surface area contributed by atoms with E-state index < -0.39 is 0 Å². The van der Waals surface area contributed by atoms with Crippen molar-refractivity contribution in [3.05, 3.63) is 81.4 Å². The lowest BCUT2D eigenvalue weighted by Gasteiger charge is -2.33. The lowest BCUT2D eigenvalue weighted by atomic mass is 9.99. The van der Waals surface area contributed by atoms with Crippen LogP contribution >= 0.6 is 0 Å². The van der Waals surface area contributed by atoms with Crippen molar-refractivity contribution < 1.29 is 4.74 Å². The van der Waals surface area contributed by atoms with E-state index in [-0.39, 0.29) is 6.10 Å². The van der Waals surface area contributed by atoms with Gasteiger partial charge in [-0.3, -0.25) is 14.6 Å². The molecule has 0 N–H and O–H groups in total. The Bertz CT molecular complexity index is 1090. The summed E-state index contributed by atoms with van der Waals surface area (Å²) >= 11 is 0. The molecule has 1 unspecified atom stereocenters. The monoisotopic (exact) mass is 432 g/mol. The molecule has 5 nitrogen and oxygen atoms in total. The van der Waals surface area contributed by atoms with Crippen LogP contribution < -0.4 is 0 Å². The third-order valence-electron chi connectivity index (χ3n) is 6.52. The van der Waals surface area contributed by atoms with Gasteiger partial charge in [-0.05, 0) is 76.8 Å². The summed E-state index contributed by atoms with van der Waals surface area (Å²) in [6.07, 6.45) is 0.923. The molecule has 3 aromatic rings. The molecule has 0 saturated carbocycles. The van der Waals surface area contributed by atoms with Crippen LogP contribution in [0.5, 0.6) is 0 Å². The number of hydrogen-bond acceptors (Lipinski definition) is 4. The van der Waals surface area contributed by atoms with E-state index in [0.717, 1.165) is 49.7 Å². The molecule has 4 rings (SSSR count). The van der Waals surface area contributed by atoms with E-state index in [4.69, 9.17) is 14.8 Å². The molecule has 1 saturated heterocycles. The Morgan fingerprint density at radius 2 is 1.88 bits per heavy atom. The van der Waals surface area contributed by atoms with Gasteiger partial charge in [0.15, 0.2) is 0 Å². The lowest BCUT2D eigenvalue weighted by molar-refractivity contribution is -0.0352. The predicted molar refractivity (Wildman–Crippen MR) is 129 cm³/mol. The molecule has 170 valence electrons. The zero-order valence-electron chi connectivity index (χ0n) is 20.4. The van der Waals surface area contributed by atoms with E-state index in [0.29, 0.717) is 6.04 Å². The molecule has 1 atom stereocenters. The standard InChI is InChI=1S/C27H36N4O/c1-18(2)31-22(6)25(21(5)29-31)16-30-11-12-32-27(17-30)26-15-23(13-20(4)28-26)14-24-10-8-7-9-19(24)3/h7-10,13,15,18,27H,11-12,14,16-17H2,1-6H3. The minimum atomic E-state index is 0.0000243. The fourth-order valence-corrected chi connectivity index (χ4v) is 4.74. The van der Waals surface area contributed by atoms with Gasteiger partial charge in [0, 0.05) is 42.6 Å². The maximum atomic E-state index is 6.19. The first-order valence-electron chi connectivity index (χ1n) is 11.7. The molecule has 0 radical (unpaired) electrons. The fraction of sp³-hybridized carbons (Fsp3) is 0.481. The molecule has 1 aliphatic rings. The van der Waals surface area contributed by atoms with Crippen molar-refractivity contribution in [2.24, 2.45) is 0 Å². The van der Waals surface area contributed by atoms with Gasteiger partial charge in [-0.2, -0.15) is 5.10 Å². The minimum Gasteiger partial charge on any atom is -0.369 e. The second-order valence-corrected chi connectivity index (χ2v) is 9.43. The van der Waals surface area contributed by atoms with Crippen LogP contribution in [0.3, 0.4) is 0 Å². The molecule has 0 spiro atoms. The van der Waals surface area contributed by atoms with E-state index in [2.05, 4.69) is 87.5 Å². The topological polar surface area (TPSA) is 43.2 Å². The van der Waals surface area contributed by atoms with Crippen molar-refractivity contribution in [1.29, 1.82) is 0 Å². The number of rotatable bonds is 6. The molecule has 1 aromatic carbocycles. The highest BCUT2D eigenvalue weighted by molar-refractivity contribution is 5.33. The zero-order chi connectivity index (χ0) is 22.8. The van der Waals surface area contributed by atoms with Crippen molar-refractivity contribution in [1.82, 2.24) is 19.7 Å². The molecule has 5 heteroatoms. The molecular weight excluding hydrogens is 396 g/mol. The van der Waals surface area contributed by atoms with Crippen LogP contribution in [0.2, 0.25) is 0 Å². The Morgan fingerprint density at radius 1 is 1.09 bits per heavy atom. The number of benzene rings is 1. The highest BCUT2D eigenvalue weighted by Gasteiger charge is 2.25. The summed E-state index contributed by atoms with van der Waals surface area (Å²) in [4.78, 5) is 7.34. The highest BCUT2D eigenvalue weighted by Crippen LogP contribution is 2.26. The van der Waals surface area contributed by atoms with Gasteiger partial charge in [-0.15, -0.1) is 0 Å². The number of hydrogen-bond donors (Lipinski definition) is 0. The van der Waals surface area contributed by atoms with Crippen molar-refractivity contribution in [3.8, 4) is 0 Å². The molecule has 1 fully saturated rings. The molecular formula is C27H36N4O. The summed E-state index contributed by atoms with van der Waals surface area (Å²) in [5.41, 5.74) is 9.84. The van der Waals surface area contributed by atoms with Crippen molar-refractivity contribution in [2.75, 3.05) is 19.7 Å². The summed E-state index contributed by atoms with van der Waals surface area (Å²) < 4.78 is 8.34. The SMILES string of the molecule is Cc1cc(Cc2ccccc2C)cc(C2CN(Cc3c(C)nn(C(C)C)c3C)CCO2)n1. The zero-order valence-corrected chi connectivity index (χ0v) is 20.4. The van der Waals surface area contributed by atoms with E-state index in [1.54, 1.807) is 0 Å². The number of ether oxygens (including phenoxy) is 1. The maximum Gasteiger partial charge on any atom is 0.112 e. The molecule has 1 aliphatic heterocycles. The van der Waals surface area contributed by atoms with Crippen LogP contribution in [0, 0.1) is 27.7 Å². The van der Waals surface area contributed by atoms with Crippen LogP contribution in [0.15, 0.2) is 36.4 Å². The summed E-state index contributed by atoms with van der Waals surface area (Å²) in [6, 6.07) is 13.4. The van der Waals surface area contributed by atoms with Gasteiger partial charge < -0.3 is 4.74 Å². The van der Waals surface area contributed by atoms with Crippen LogP contribution in [0.1, 0.15) is 71.0 Å². The van der Waals surface area contributed by atoms with E-state index in [1.165, 1.54) is 27.9 Å². The van der Waals surface area contributed by atoms with Gasteiger partial charge in [0.2, 0.25) is 0 Å². The summed E-state index contributed by atoms with van der Waals surface area (Å²) in [6.45, 7) is 16.4. The molecule has 2 aromatic heterocycles. The van der Waals surface area contributed by atoms with E-state index in [1.807, 2.05) is 0 Å². The lowest BCUT2D eigenvalue weighted by Crippen LogP contribution is -2.38. The second kappa shape index (κ2) is 9.55. The third kappa shape index (κ3) is 4.94. The summed E-state index contributed by atoms with van der Waals surface area (Å²) in [5.74, 6) is 0. The molecule has 0 bridgehead atoms. The average Bonchev–Trinajstić information content (AvgIpc) is 3.04. The molecule has 32 heavy (non-hydrogen) atoms. The summed E-state index contributed by atoms with van der Waals surface area (Å²) in [5, 5.41) is 4.77. The number of aryl methyl sites for hydroxylation is 3.